The predicted octanol–water partition coefficient (Wildman–Crippen LogP) is 3.30. The van der Waals surface area contributed by atoms with Crippen LogP contribution in [-0.2, 0) is 4.74 Å². The molecule has 0 N–H and O–H groups in total. The van der Waals surface area contributed by atoms with Gasteiger partial charge in [-0.05, 0) is 21.1 Å². The van der Waals surface area contributed by atoms with Crippen LogP contribution in [0.2, 0.25) is 0 Å². The summed E-state index contributed by atoms with van der Waals surface area (Å²) in [6, 6.07) is 4.79. The number of hydrogen-bond donors (Lipinski definition) is 0. The molecular formula is C15H12F5O2P. The lowest BCUT2D eigenvalue weighted by Gasteiger charge is -2.14. The van der Waals surface area contributed by atoms with Gasteiger partial charge in [0.1, 0.15) is 5.75 Å². The van der Waals surface area contributed by atoms with E-state index < -0.39 is 43.0 Å². The lowest BCUT2D eigenvalue weighted by Crippen LogP contribution is -2.20. The lowest BCUT2D eigenvalue weighted by atomic mass is 10.2. The predicted molar refractivity (Wildman–Crippen MR) is 77.5 cm³/mol. The van der Waals surface area contributed by atoms with E-state index >= 15 is 0 Å². The van der Waals surface area contributed by atoms with E-state index in [-0.39, 0.29) is 12.5 Å². The van der Waals surface area contributed by atoms with E-state index in [0.717, 1.165) is 0 Å². The van der Waals surface area contributed by atoms with Crippen molar-refractivity contribution in [3.8, 4) is 5.75 Å². The Balaban J connectivity index is 2.50. The summed E-state index contributed by atoms with van der Waals surface area (Å²) in [5, 5.41) is -0.570. The molecule has 0 radical (unpaired) electrons. The number of hydrogen-bond acceptors (Lipinski definition) is 2. The van der Waals surface area contributed by atoms with Crippen molar-refractivity contribution in [2.24, 2.45) is 0 Å². The largest absolute Gasteiger partial charge is 0.467 e. The van der Waals surface area contributed by atoms with Gasteiger partial charge in [0.15, 0.2) is 30.1 Å². The summed E-state index contributed by atoms with van der Waals surface area (Å²) in [7, 11) is 0.586. The first kappa shape index (κ1) is 17.6. The number of rotatable bonds is 5. The lowest BCUT2D eigenvalue weighted by molar-refractivity contribution is 0.0514. The molecule has 124 valence electrons. The van der Waals surface area contributed by atoms with Gasteiger partial charge in [-0.2, -0.15) is 0 Å². The topological polar surface area (TPSA) is 18.5 Å². The fraction of sp³-hybridized carbons (Fsp3) is 0.200. The third-order valence-electron chi connectivity index (χ3n) is 3.00. The van der Waals surface area contributed by atoms with Gasteiger partial charge >= 0.3 is 0 Å². The first-order chi connectivity index (χ1) is 10.9. The molecule has 1 unspecified atom stereocenters. The molecule has 0 saturated carbocycles. The summed E-state index contributed by atoms with van der Waals surface area (Å²) in [4.78, 5) is 0. The highest BCUT2D eigenvalue weighted by molar-refractivity contribution is 7.55. The number of aryl methyl sites for hydroxylation is 1. The van der Waals surface area contributed by atoms with Crippen LogP contribution in [0.25, 0.3) is 0 Å². The molecule has 0 aliphatic rings. The SMILES string of the molecule is COCOc1c(C)cccc1Pc1c(F)c(F)c(F)c(F)c1F. The van der Waals surface area contributed by atoms with Gasteiger partial charge in [0.05, 0.1) is 5.30 Å². The zero-order valence-corrected chi connectivity index (χ0v) is 13.1. The fourth-order valence-corrected chi connectivity index (χ4v) is 3.18. The standard InChI is InChI=1S/C15H12F5O2P/c1-7-4-3-5-8(14(7)22-6-21-2)23-15-12(19)10(17)9(16)11(18)13(15)20/h3-5,23H,6H2,1-2H3. The Morgan fingerprint density at radius 1 is 0.913 bits per heavy atom. The molecule has 0 saturated heterocycles. The van der Waals surface area contributed by atoms with Gasteiger partial charge in [0.2, 0.25) is 5.82 Å². The number of ether oxygens (including phenoxy) is 2. The van der Waals surface area contributed by atoms with Crippen LogP contribution in [0.3, 0.4) is 0 Å². The average Bonchev–Trinajstić information content (AvgIpc) is 2.54. The zero-order valence-electron chi connectivity index (χ0n) is 12.1. The molecule has 2 rings (SSSR count). The van der Waals surface area contributed by atoms with Crippen molar-refractivity contribution in [2.45, 2.75) is 6.92 Å². The maximum absolute atomic E-state index is 13.8. The molecule has 0 aromatic heterocycles. The fourth-order valence-electron chi connectivity index (χ4n) is 1.91. The summed E-state index contributed by atoms with van der Waals surface area (Å²) in [6.45, 7) is 1.58. The van der Waals surface area contributed by atoms with Gasteiger partial charge < -0.3 is 9.47 Å². The summed E-state index contributed by atoms with van der Waals surface area (Å²) in [6.07, 6.45) is 0. The van der Waals surface area contributed by atoms with Gasteiger partial charge in [0.25, 0.3) is 0 Å². The van der Waals surface area contributed by atoms with Crippen LogP contribution in [0.4, 0.5) is 22.0 Å². The molecule has 8 heteroatoms. The molecule has 0 heterocycles. The Labute approximate surface area is 131 Å². The van der Waals surface area contributed by atoms with E-state index in [4.69, 9.17) is 9.47 Å². The molecule has 23 heavy (non-hydrogen) atoms. The highest BCUT2D eigenvalue weighted by Crippen LogP contribution is 2.27. The average molecular weight is 350 g/mol. The molecule has 0 aliphatic heterocycles. The van der Waals surface area contributed by atoms with Crippen LogP contribution in [0.5, 0.6) is 5.75 Å². The number of para-hydroxylation sites is 1. The van der Waals surface area contributed by atoms with Gasteiger partial charge in [-0.15, -0.1) is 0 Å². The molecule has 2 aromatic rings. The third-order valence-corrected chi connectivity index (χ3v) is 4.35. The second-order valence-corrected chi connectivity index (χ2v) is 5.86. The smallest absolute Gasteiger partial charge is 0.200 e. The maximum Gasteiger partial charge on any atom is 0.200 e. The number of methoxy groups -OCH3 is 1. The number of benzene rings is 2. The van der Waals surface area contributed by atoms with Crippen molar-refractivity contribution in [3.63, 3.8) is 0 Å². The first-order valence-corrected chi connectivity index (χ1v) is 7.38. The van der Waals surface area contributed by atoms with Crippen LogP contribution >= 0.6 is 8.58 Å². The van der Waals surface area contributed by atoms with E-state index in [1.54, 1.807) is 19.1 Å². The van der Waals surface area contributed by atoms with E-state index in [0.29, 0.717) is 10.9 Å². The van der Waals surface area contributed by atoms with Crippen LogP contribution in [0, 0.1) is 36.0 Å². The molecule has 0 spiro atoms. The Morgan fingerprint density at radius 2 is 1.48 bits per heavy atom. The normalized spacial score (nSPS) is 11.4. The Hall–Kier alpha value is -1.72. The highest BCUT2D eigenvalue weighted by Gasteiger charge is 2.26. The minimum Gasteiger partial charge on any atom is -0.467 e. The molecule has 0 amide bonds. The molecule has 0 aliphatic carbocycles. The van der Waals surface area contributed by atoms with Crippen molar-refractivity contribution in [2.75, 3.05) is 13.9 Å². The minimum absolute atomic E-state index is 0.112. The highest BCUT2D eigenvalue weighted by atomic mass is 31.1. The summed E-state index contributed by atoms with van der Waals surface area (Å²) < 4.78 is 77.3. The van der Waals surface area contributed by atoms with Crippen molar-refractivity contribution < 1.29 is 31.4 Å². The Kier molecular flexibility index (Phi) is 5.55. The van der Waals surface area contributed by atoms with Gasteiger partial charge in [-0.25, -0.2) is 22.0 Å². The maximum atomic E-state index is 13.8. The zero-order chi connectivity index (χ0) is 17.1. The van der Waals surface area contributed by atoms with Crippen molar-refractivity contribution >= 4 is 19.2 Å². The molecular weight excluding hydrogens is 338 g/mol. The van der Waals surface area contributed by atoms with Gasteiger partial charge in [-0.3, -0.25) is 0 Å². The van der Waals surface area contributed by atoms with Crippen molar-refractivity contribution in [1.29, 1.82) is 0 Å². The molecule has 0 bridgehead atoms. The van der Waals surface area contributed by atoms with E-state index in [1.165, 1.54) is 13.2 Å². The second-order valence-electron chi connectivity index (χ2n) is 4.57. The van der Waals surface area contributed by atoms with E-state index in [2.05, 4.69) is 0 Å². The quantitative estimate of drug-likeness (QED) is 0.271. The molecule has 1 atom stereocenters. The monoisotopic (exact) mass is 350 g/mol. The summed E-state index contributed by atoms with van der Waals surface area (Å²) in [5.41, 5.74) is 0.649. The second kappa shape index (κ2) is 7.23. The van der Waals surface area contributed by atoms with Crippen molar-refractivity contribution in [1.82, 2.24) is 0 Å². The molecule has 2 aromatic carbocycles. The Bertz CT molecular complexity index is 707. The van der Waals surface area contributed by atoms with E-state index in [1.807, 2.05) is 0 Å². The van der Waals surface area contributed by atoms with Gasteiger partial charge in [-0.1, -0.05) is 18.2 Å². The van der Waals surface area contributed by atoms with Crippen LogP contribution in [0.15, 0.2) is 18.2 Å². The number of halogens is 5. The van der Waals surface area contributed by atoms with E-state index in [9.17, 15) is 22.0 Å². The van der Waals surface area contributed by atoms with Crippen LogP contribution in [0.1, 0.15) is 5.56 Å². The van der Waals surface area contributed by atoms with Crippen molar-refractivity contribution in [3.05, 3.63) is 52.8 Å². The first-order valence-electron chi connectivity index (χ1n) is 6.38. The summed E-state index contributed by atoms with van der Waals surface area (Å²) in [5.74, 6) is -9.47. The van der Waals surface area contributed by atoms with Gasteiger partial charge in [0, 0.05) is 12.4 Å². The Morgan fingerprint density at radius 3 is 2.04 bits per heavy atom. The minimum atomic E-state index is -2.17. The summed E-state index contributed by atoms with van der Waals surface area (Å²) >= 11 is 0. The van der Waals surface area contributed by atoms with Crippen LogP contribution in [-0.4, -0.2) is 13.9 Å². The molecule has 2 nitrogen and oxygen atoms in total. The van der Waals surface area contributed by atoms with Crippen LogP contribution < -0.4 is 15.3 Å². The molecule has 0 fully saturated rings. The third kappa shape index (κ3) is 3.46.